The van der Waals surface area contributed by atoms with Gasteiger partial charge in [0.15, 0.2) is 0 Å². The highest BCUT2D eigenvalue weighted by atomic mass is 79.9. The zero-order valence-electron chi connectivity index (χ0n) is 7.68. The van der Waals surface area contributed by atoms with E-state index in [1.54, 1.807) is 6.07 Å². The minimum atomic E-state index is -0.860. The fraction of sp³-hybridized carbons (Fsp3) is 0.300. The van der Waals surface area contributed by atoms with Crippen molar-refractivity contribution in [2.45, 2.75) is 18.7 Å². The third-order valence-corrected chi connectivity index (χ3v) is 2.95. The van der Waals surface area contributed by atoms with Crippen LogP contribution in [0.1, 0.15) is 16.7 Å². The number of hydrogen-bond donors (Lipinski definition) is 1. The van der Waals surface area contributed by atoms with Crippen LogP contribution in [0, 0.1) is 6.92 Å². The lowest BCUT2D eigenvalue weighted by atomic mass is 10.0. The molecule has 0 aromatic heterocycles. The van der Waals surface area contributed by atoms with Gasteiger partial charge in [0.2, 0.25) is 0 Å². The normalized spacial score (nSPS) is 10.2. The van der Waals surface area contributed by atoms with Crippen molar-refractivity contribution in [2.75, 3.05) is 0 Å². The Morgan fingerprint density at radius 2 is 2.21 bits per heavy atom. The van der Waals surface area contributed by atoms with Crippen LogP contribution in [0.25, 0.3) is 0 Å². The molecule has 1 aromatic rings. The lowest BCUT2D eigenvalue weighted by Gasteiger charge is -2.07. The Labute approximate surface area is 96.0 Å². The van der Waals surface area contributed by atoms with E-state index in [0.717, 1.165) is 16.5 Å². The van der Waals surface area contributed by atoms with Gasteiger partial charge in [-0.3, -0.25) is 4.79 Å². The molecular formula is C10H10BrClO2. The molecule has 14 heavy (non-hydrogen) atoms. The Morgan fingerprint density at radius 3 is 2.64 bits per heavy atom. The van der Waals surface area contributed by atoms with Gasteiger partial charge in [-0.25, -0.2) is 0 Å². The van der Waals surface area contributed by atoms with Crippen LogP contribution in [0.3, 0.4) is 0 Å². The van der Waals surface area contributed by atoms with Gasteiger partial charge in [0.1, 0.15) is 0 Å². The molecule has 0 fully saturated rings. The average molecular weight is 278 g/mol. The standard InChI is InChI=1S/C10H10BrClO2/c1-6-2-7(5-11)3-9(12)8(6)4-10(13)14/h2-3H,4-5H2,1H3,(H,13,14). The van der Waals surface area contributed by atoms with E-state index in [1.165, 1.54) is 0 Å². The third kappa shape index (κ3) is 2.72. The molecule has 4 heteroatoms. The van der Waals surface area contributed by atoms with Crippen LogP contribution < -0.4 is 0 Å². The molecule has 1 rings (SSSR count). The Hall–Kier alpha value is -0.540. The Kier molecular flexibility index (Phi) is 3.96. The van der Waals surface area contributed by atoms with Crippen molar-refractivity contribution in [3.63, 3.8) is 0 Å². The molecular weight excluding hydrogens is 267 g/mol. The summed E-state index contributed by atoms with van der Waals surface area (Å²) in [6, 6.07) is 3.74. The van der Waals surface area contributed by atoms with Crippen LogP contribution in [0.5, 0.6) is 0 Å². The van der Waals surface area contributed by atoms with E-state index >= 15 is 0 Å². The highest BCUT2D eigenvalue weighted by Crippen LogP contribution is 2.23. The van der Waals surface area contributed by atoms with E-state index in [2.05, 4.69) is 15.9 Å². The van der Waals surface area contributed by atoms with E-state index in [9.17, 15) is 4.79 Å². The number of alkyl halides is 1. The summed E-state index contributed by atoms with van der Waals surface area (Å²) in [4.78, 5) is 10.6. The second-order valence-electron chi connectivity index (χ2n) is 3.08. The number of benzene rings is 1. The zero-order chi connectivity index (χ0) is 10.7. The van der Waals surface area contributed by atoms with Gasteiger partial charge in [-0.1, -0.05) is 33.6 Å². The first-order chi connectivity index (χ1) is 6.54. The van der Waals surface area contributed by atoms with Gasteiger partial charge in [0.05, 0.1) is 6.42 Å². The zero-order valence-corrected chi connectivity index (χ0v) is 10.0. The number of carboxylic acid groups (broad SMARTS) is 1. The Bertz CT molecular complexity index is 340. The smallest absolute Gasteiger partial charge is 0.307 e. The van der Waals surface area contributed by atoms with Crippen molar-refractivity contribution in [3.8, 4) is 0 Å². The molecule has 2 nitrogen and oxygen atoms in total. The van der Waals surface area contributed by atoms with Gasteiger partial charge in [-0.2, -0.15) is 0 Å². The number of aryl methyl sites for hydroxylation is 1. The average Bonchev–Trinajstić information content (AvgIpc) is 2.10. The minimum Gasteiger partial charge on any atom is -0.481 e. The number of carbonyl (C=O) groups is 1. The highest BCUT2D eigenvalue weighted by molar-refractivity contribution is 9.08. The topological polar surface area (TPSA) is 37.3 Å². The SMILES string of the molecule is Cc1cc(CBr)cc(Cl)c1CC(=O)O. The fourth-order valence-corrected chi connectivity index (χ4v) is 1.98. The van der Waals surface area contributed by atoms with Crippen LogP contribution >= 0.6 is 27.5 Å². The predicted octanol–water partition coefficient (Wildman–Crippen LogP) is 3.17. The molecule has 0 heterocycles. The molecule has 0 atom stereocenters. The molecule has 1 N–H and O–H groups in total. The molecule has 0 saturated heterocycles. The summed E-state index contributed by atoms with van der Waals surface area (Å²) >= 11 is 9.30. The lowest BCUT2D eigenvalue weighted by Crippen LogP contribution is -2.03. The van der Waals surface area contributed by atoms with E-state index in [-0.39, 0.29) is 6.42 Å². The summed E-state index contributed by atoms with van der Waals surface area (Å²) in [6.07, 6.45) is -0.0206. The van der Waals surface area contributed by atoms with Crippen LogP contribution in [0.2, 0.25) is 5.02 Å². The molecule has 0 unspecified atom stereocenters. The molecule has 0 amide bonds. The van der Waals surface area contributed by atoms with Crippen molar-refractivity contribution < 1.29 is 9.90 Å². The maximum Gasteiger partial charge on any atom is 0.307 e. The molecule has 0 aliphatic heterocycles. The maximum absolute atomic E-state index is 10.6. The van der Waals surface area contributed by atoms with Crippen molar-refractivity contribution in [1.82, 2.24) is 0 Å². The third-order valence-electron chi connectivity index (χ3n) is 1.96. The largest absolute Gasteiger partial charge is 0.481 e. The Balaban J connectivity index is 3.11. The summed E-state index contributed by atoms with van der Waals surface area (Å²) < 4.78 is 0. The summed E-state index contributed by atoms with van der Waals surface area (Å²) in [5, 5.41) is 9.93. The van der Waals surface area contributed by atoms with E-state index in [4.69, 9.17) is 16.7 Å². The molecule has 0 aliphatic carbocycles. The van der Waals surface area contributed by atoms with Gasteiger partial charge in [-0.15, -0.1) is 0 Å². The van der Waals surface area contributed by atoms with Crippen LogP contribution in [0.4, 0.5) is 0 Å². The number of rotatable bonds is 3. The molecule has 0 saturated carbocycles. The van der Waals surface area contributed by atoms with Gasteiger partial charge < -0.3 is 5.11 Å². The quantitative estimate of drug-likeness (QED) is 0.862. The van der Waals surface area contributed by atoms with Gasteiger partial charge in [0.25, 0.3) is 0 Å². The van der Waals surface area contributed by atoms with E-state index in [1.807, 2.05) is 13.0 Å². The van der Waals surface area contributed by atoms with Gasteiger partial charge >= 0.3 is 5.97 Å². The van der Waals surface area contributed by atoms with Crippen molar-refractivity contribution in [1.29, 1.82) is 0 Å². The maximum atomic E-state index is 10.6. The minimum absolute atomic E-state index is 0.0206. The Morgan fingerprint density at radius 1 is 1.57 bits per heavy atom. The number of halogens is 2. The van der Waals surface area contributed by atoms with Crippen LogP contribution in [0.15, 0.2) is 12.1 Å². The van der Waals surface area contributed by atoms with Crippen molar-refractivity contribution in [2.24, 2.45) is 0 Å². The van der Waals surface area contributed by atoms with Gasteiger partial charge in [-0.05, 0) is 29.7 Å². The van der Waals surface area contributed by atoms with Crippen molar-refractivity contribution >= 4 is 33.5 Å². The highest BCUT2D eigenvalue weighted by Gasteiger charge is 2.09. The molecule has 0 aliphatic rings. The second-order valence-corrected chi connectivity index (χ2v) is 4.05. The summed E-state index contributed by atoms with van der Waals surface area (Å²) in [7, 11) is 0. The number of carboxylic acids is 1. The first kappa shape index (κ1) is 11.5. The monoisotopic (exact) mass is 276 g/mol. The summed E-state index contributed by atoms with van der Waals surface area (Å²) in [5.41, 5.74) is 2.68. The number of aliphatic carboxylic acids is 1. The molecule has 76 valence electrons. The fourth-order valence-electron chi connectivity index (χ4n) is 1.30. The van der Waals surface area contributed by atoms with Crippen molar-refractivity contribution in [3.05, 3.63) is 33.8 Å². The van der Waals surface area contributed by atoms with Gasteiger partial charge in [0, 0.05) is 10.4 Å². The summed E-state index contributed by atoms with van der Waals surface area (Å²) in [6.45, 7) is 1.87. The molecule has 0 spiro atoms. The molecule has 0 bridgehead atoms. The molecule has 1 aromatic carbocycles. The predicted molar refractivity (Wildman–Crippen MR) is 60.2 cm³/mol. The second kappa shape index (κ2) is 4.80. The lowest BCUT2D eigenvalue weighted by molar-refractivity contribution is -0.136. The first-order valence-electron chi connectivity index (χ1n) is 4.10. The molecule has 0 radical (unpaired) electrons. The van der Waals surface area contributed by atoms with E-state index < -0.39 is 5.97 Å². The van der Waals surface area contributed by atoms with Crippen LogP contribution in [-0.2, 0) is 16.5 Å². The van der Waals surface area contributed by atoms with Crippen LogP contribution in [-0.4, -0.2) is 11.1 Å². The van der Waals surface area contributed by atoms with E-state index in [0.29, 0.717) is 10.6 Å². The number of hydrogen-bond acceptors (Lipinski definition) is 1. The summed E-state index contributed by atoms with van der Waals surface area (Å²) in [5.74, 6) is -0.860. The first-order valence-corrected chi connectivity index (χ1v) is 5.60.